The number of aromatic nitrogens is 2. The summed E-state index contributed by atoms with van der Waals surface area (Å²) in [6, 6.07) is 3.04. The van der Waals surface area contributed by atoms with Gasteiger partial charge in [0.05, 0.1) is 11.1 Å². The van der Waals surface area contributed by atoms with Crippen molar-refractivity contribution in [3.63, 3.8) is 0 Å². The normalized spacial score (nSPS) is 11.3. The number of hydrogen-bond acceptors (Lipinski definition) is 6. The molecule has 0 spiro atoms. The van der Waals surface area contributed by atoms with E-state index in [0.717, 1.165) is 6.26 Å². The number of carbonyl (C=O) groups excluding carboxylic acids is 2. The van der Waals surface area contributed by atoms with E-state index in [1.54, 1.807) is 13.8 Å². The first-order chi connectivity index (χ1) is 12.5. The van der Waals surface area contributed by atoms with E-state index in [1.165, 1.54) is 42.0 Å². The Morgan fingerprint density at radius 1 is 1.19 bits per heavy atom. The second kappa shape index (κ2) is 7.51. The number of ether oxygens (including phenoxy) is 1. The van der Waals surface area contributed by atoms with Gasteiger partial charge in [0.1, 0.15) is 5.56 Å². The Morgan fingerprint density at radius 3 is 2.19 bits per heavy atom. The van der Waals surface area contributed by atoms with Crippen LogP contribution >= 0.6 is 0 Å². The van der Waals surface area contributed by atoms with Crippen molar-refractivity contribution in [3.8, 4) is 5.88 Å². The Kier molecular flexibility index (Phi) is 5.74. The minimum Gasteiger partial charge on any atom is -0.391 e. The molecule has 0 fully saturated rings. The summed E-state index contributed by atoms with van der Waals surface area (Å²) in [4.78, 5) is 26.4. The van der Waals surface area contributed by atoms with Crippen LogP contribution in [0.3, 0.4) is 0 Å². The Balaban J connectivity index is 2.53. The molecule has 8 nitrogen and oxygen atoms in total. The number of amides is 1. The molecule has 0 saturated heterocycles. The second-order valence-corrected chi connectivity index (χ2v) is 8.43. The van der Waals surface area contributed by atoms with Gasteiger partial charge < -0.3 is 9.64 Å². The lowest BCUT2D eigenvalue weighted by Gasteiger charge is -2.13. The predicted octanol–water partition coefficient (Wildman–Crippen LogP) is 2.21. The summed E-state index contributed by atoms with van der Waals surface area (Å²) >= 11 is 0. The summed E-state index contributed by atoms with van der Waals surface area (Å²) in [6.07, 6.45) is 1.85. The quantitative estimate of drug-likeness (QED) is 0.722. The largest absolute Gasteiger partial charge is 0.416 e. The molecule has 1 amide bonds. The first kappa shape index (κ1) is 20.6. The molecule has 146 valence electrons. The zero-order valence-corrected chi connectivity index (χ0v) is 17.0. The number of carbonyl (C=O) groups is 2. The van der Waals surface area contributed by atoms with Crippen LogP contribution in [0.1, 0.15) is 34.0 Å². The standard InChI is InChI=1S/C18H23N3O5S/c1-7-21-17(26-18(23)20(4)5)14(10-19-21)15(22)13-8-11(2)16(12(3)9-13)27(6,24)25/h8-10H,7H2,1-6H3. The van der Waals surface area contributed by atoms with Crippen LogP contribution in [0.25, 0.3) is 0 Å². The summed E-state index contributed by atoms with van der Waals surface area (Å²) in [5, 5.41) is 4.10. The van der Waals surface area contributed by atoms with Crippen molar-refractivity contribution in [3.05, 3.63) is 40.6 Å². The van der Waals surface area contributed by atoms with Crippen LogP contribution in [0, 0.1) is 13.8 Å². The molecule has 1 aromatic carbocycles. The van der Waals surface area contributed by atoms with E-state index in [0.29, 0.717) is 23.2 Å². The lowest BCUT2D eigenvalue weighted by molar-refractivity contribution is 0.103. The highest BCUT2D eigenvalue weighted by Gasteiger charge is 2.25. The van der Waals surface area contributed by atoms with Crippen LogP contribution in [0.2, 0.25) is 0 Å². The molecule has 0 atom stereocenters. The molecule has 0 aliphatic carbocycles. The molecule has 0 aliphatic heterocycles. The number of ketones is 1. The van der Waals surface area contributed by atoms with Gasteiger partial charge in [0.25, 0.3) is 0 Å². The first-order valence-corrected chi connectivity index (χ1v) is 10.2. The van der Waals surface area contributed by atoms with Gasteiger partial charge in [0.15, 0.2) is 15.6 Å². The van der Waals surface area contributed by atoms with Crippen LogP contribution in [-0.2, 0) is 16.4 Å². The second-order valence-electron chi connectivity index (χ2n) is 6.48. The molecule has 1 aromatic heterocycles. The summed E-state index contributed by atoms with van der Waals surface area (Å²) in [5.41, 5.74) is 1.40. The van der Waals surface area contributed by atoms with Crippen LogP contribution < -0.4 is 4.74 Å². The van der Waals surface area contributed by atoms with E-state index in [1.807, 2.05) is 6.92 Å². The van der Waals surface area contributed by atoms with Gasteiger partial charge >= 0.3 is 6.09 Å². The van der Waals surface area contributed by atoms with Crippen LogP contribution in [-0.4, -0.2) is 55.3 Å². The molecule has 2 aromatic rings. The van der Waals surface area contributed by atoms with Crippen molar-refractivity contribution in [2.45, 2.75) is 32.2 Å². The average Bonchev–Trinajstić information content (AvgIpc) is 2.94. The Bertz CT molecular complexity index is 983. The smallest absolute Gasteiger partial charge is 0.391 e. The lowest BCUT2D eigenvalue weighted by Crippen LogP contribution is -2.27. The van der Waals surface area contributed by atoms with Gasteiger partial charge in [0.2, 0.25) is 5.88 Å². The molecule has 1 heterocycles. The number of nitrogens with zero attached hydrogens (tertiary/aromatic N) is 3. The number of benzene rings is 1. The van der Waals surface area contributed by atoms with Crippen molar-refractivity contribution in [1.29, 1.82) is 0 Å². The van der Waals surface area contributed by atoms with E-state index < -0.39 is 21.7 Å². The Morgan fingerprint density at radius 2 is 1.74 bits per heavy atom. The maximum Gasteiger partial charge on any atom is 0.416 e. The van der Waals surface area contributed by atoms with Gasteiger partial charge in [-0.05, 0) is 44.0 Å². The SMILES string of the molecule is CCn1ncc(C(=O)c2cc(C)c(S(C)(=O)=O)c(C)c2)c1OC(=O)N(C)C. The molecule has 2 rings (SSSR count). The summed E-state index contributed by atoms with van der Waals surface area (Å²) in [7, 11) is -0.338. The monoisotopic (exact) mass is 393 g/mol. The van der Waals surface area contributed by atoms with Gasteiger partial charge in [-0.2, -0.15) is 5.10 Å². The van der Waals surface area contributed by atoms with Gasteiger partial charge in [0, 0.05) is 32.5 Å². The number of rotatable bonds is 5. The molecule has 0 unspecified atom stereocenters. The minimum atomic E-state index is -3.41. The Hall–Kier alpha value is -2.68. The average molecular weight is 393 g/mol. The van der Waals surface area contributed by atoms with E-state index in [9.17, 15) is 18.0 Å². The van der Waals surface area contributed by atoms with Gasteiger partial charge in [-0.25, -0.2) is 17.9 Å². The van der Waals surface area contributed by atoms with Crippen molar-refractivity contribution in [1.82, 2.24) is 14.7 Å². The minimum absolute atomic E-state index is 0.0590. The third-order valence-electron chi connectivity index (χ3n) is 3.98. The van der Waals surface area contributed by atoms with Gasteiger partial charge in [-0.3, -0.25) is 4.79 Å². The molecular weight excluding hydrogens is 370 g/mol. The highest BCUT2D eigenvalue weighted by atomic mass is 32.2. The molecule has 9 heteroatoms. The molecule has 27 heavy (non-hydrogen) atoms. The van der Waals surface area contributed by atoms with Crippen LogP contribution in [0.4, 0.5) is 4.79 Å². The van der Waals surface area contributed by atoms with Crippen LogP contribution in [0.5, 0.6) is 5.88 Å². The molecule has 0 aliphatic rings. The zero-order valence-electron chi connectivity index (χ0n) is 16.2. The van der Waals surface area contributed by atoms with Gasteiger partial charge in [-0.15, -0.1) is 0 Å². The van der Waals surface area contributed by atoms with Crippen molar-refractivity contribution < 1.29 is 22.7 Å². The molecule has 0 saturated carbocycles. The van der Waals surface area contributed by atoms with Crippen LogP contribution in [0.15, 0.2) is 23.2 Å². The summed E-state index contributed by atoms with van der Waals surface area (Å²) < 4.78 is 30.6. The first-order valence-electron chi connectivity index (χ1n) is 8.28. The Labute approximate surface area is 158 Å². The van der Waals surface area contributed by atoms with E-state index in [-0.39, 0.29) is 16.3 Å². The van der Waals surface area contributed by atoms with E-state index >= 15 is 0 Å². The van der Waals surface area contributed by atoms with Gasteiger partial charge in [-0.1, -0.05) is 0 Å². The fourth-order valence-corrected chi connectivity index (χ4v) is 4.15. The van der Waals surface area contributed by atoms with Crippen molar-refractivity contribution >= 4 is 21.7 Å². The van der Waals surface area contributed by atoms with E-state index in [2.05, 4.69) is 5.10 Å². The third-order valence-corrected chi connectivity index (χ3v) is 5.36. The third kappa shape index (κ3) is 4.19. The fraction of sp³-hybridized carbons (Fsp3) is 0.389. The highest BCUT2D eigenvalue weighted by Crippen LogP contribution is 2.27. The van der Waals surface area contributed by atoms with Crippen molar-refractivity contribution in [2.75, 3.05) is 20.4 Å². The predicted molar refractivity (Wildman–Crippen MR) is 100 cm³/mol. The fourth-order valence-electron chi connectivity index (χ4n) is 2.86. The number of aryl methyl sites for hydroxylation is 3. The maximum atomic E-state index is 13.0. The molecular formula is C18H23N3O5S. The zero-order chi connectivity index (χ0) is 20.5. The summed E-state index contributed by atoms with van der Waals surface area (Å²) in [6.45, 7) is 5.50. The molecule has 0 N–H and O–H groups in total. The van der Waals surface area contributed by atoms with E-state index in [4.69, 9.17) is 4.74 Å². The number of hydrogen-bond donors (Lipinski definition) is 0. The number of sulfone groups is 1. The maximum absolute atomic E-state index is 13.0. The molecule has 0 radical (unpaired) electrons. The lowest BCUT2D eigenvalue weighted by atomic mass is 10.0. The summed E-state index contributed by atoms with van der Waals surface area (Å²) in [5.74, 6) is -0.341. The topological polar surface area (TPSA) is 98.6 Å². The molecule has 0 bridgehead atoms. The van der Waals surface area contributed by atoms with Crippen molar-refractivity contribution in [2.24, 2.45) is 0 Å². The highest BCUT2D eigenvalue weighted by molar-refractivity contribution is 7.90.